The van der Waals surface area contributed by atoms with Crippen LogP contribution in [0.4, 0.5) is 0 Å². The van der Waals surface area contributed by atoms with Gasteiger partial charge >= 0.3 is 0 Å². The van der Waals surface area contributed by atoms with E-state index in [9.17, 15) is 0 Å². The van der Waals surface area contributed by atoms with Crippen molar-refractivity contribution in [3.05, 3.63) is 35.9 Å². The molecule has 0 aromatic heterocycles. The minimum absolute atomic E-state index is 0.703. The standard InChI is InChI=1S/C12H18N2/c13-12-6-8-14(9-7-12)10-11-4-2-1-3-5-11/h1-5,12H,6-10,13H2/p+2. The molecule has 76 valence electrons. The Morgan fingerprint density at radius 2 is 1.79 bits per heavy atom. The van der Waals surface area contributed by atoms with Crippen molar-refractivity contribution in [2.75, 3.05) is 13.1 Å². The second-order valence-electron chi connectivity index (χ2n) is 4.36. The second kappa shape index (κ2) is 4.58. The molecule has 0 bridgehead atoms. The van der Waals surface area contributed by atoms with Crippen LogP contribution in [0.15, 0.2) is 30.3 Å². The SMILES string of the molecule is [NH3+]C1CC[NH+](Cc2ccccc2)CC1. The van der Waals surface area contributed by atoms with Crippen LogP contribution in [0.25, 0.3) is 0 Å². The highest BCUT2D eigenvalue weighted by Crippen LogP contribution is 1.98. The molecule has 0 spiro atoms. The predicted octanol–water partition coefficient (Wildman–Crippen LogP) is -0.524. The van der Waals surface area contributed by atoms with E-state index in [0.717, 1.165) is 0 Å². The monoisotopic (exact) mass is 192 g/mol. The maximum Gasteiger partial charge on any atom is 0.103 e. The zero-order valence-corrected chi connectivity index (χ0v) is 8.71. The number of hydrogen-bond acceptors (Lipinski definition) is 0. The Labute approximate surface area is 85.7 Å². The maximum atomic E-state index is 4.13. The average Bonchev–Trinajstić information content (AvgIpc) is 2.23. The summed E-state index contributed by atoms with van der Waals surface area (Å²) in [6.45, 7) is 3.78. The van der Waals surface area contributed by atoms with E-state index in [1.165, 1.54) is 38.0 Å². The van der Waals surface area contributed by atoms with Crippen LogP contribution in [0.2, 0.25) is 0 Å². The summed E-state index contributed by atoms with van der Waals surface area (Å²) in [5, 5.41) is 0. The van der Waals surface area contributed by atoms with Gasteiger partial charge in [-0.2, -0.15) is 0 Å². The Kier molecular flexibility index (Phi) is 3.17. The van der Waals surface area contributed by atoms with Gasteiger partial charge < -0.3 is 10.6 Å². The Morgan fingerprint density at radius 1 is 1.14 bits per heavy atom. The van der Waals surface area contributed by atoms with Crippen LogP contribution in [0.5, 0.6) is 0 Å². The summed E-state index contributed by atoms with van der Waals surface area (Å²) in [5.41, 5.74) is 5.59. The number of likely N-dealkylation sites (tertiary alicyclic amines) is 1. The smallest absolute Gasteiger partial charge is 0.103 e. The van der Waals surface area contributed by atoms with Crippen LogP contribution < -0.4 is 10.6 Å². The van der Waals surface area contributed by atoms with Gasteiger partial charge in [-0.1, -0.05) is 30.3 Å². The first-order chi connectivity index (χ1) is 6.84. The molecule has 14 heavy (non-hydrogen) atoms. The molecule has 1 heterocycles. The second-order valence-corrected chi connectivity index (χ2v) is 4.36. The van der Waals surface area contributed by atoms with Crippen molar-refractivity contribution >= 4 is 0 Å². The lowest BCUT2D eigenvalue weighted by Crippen LogP contribution is -3.12. The Hall–Kier alpha value is -0.860. The first-order valence-corrected chi connectivity index (χ1v) is 5.55. The minimum atomic E-state index is 0.703. The van der Waals surface area contributed by atoms with Crippen LogP contribution in [0, 0.1) is 0 Å². The van der Waals surface area contributed by atoms with Gasteiger partial charge in [-0.3, -0.25) is 0 Å². The molecule has 0 amide bonds. The summed E-state index contributed by atoms with van der Waals surface area (Å²) in [5.74, 6) is 0. The molecular weight excluding hydrogens is 172 g/mol. The number of nitrogens with one attached hydrogen (secondary N) is 1. The highest BCUT2D eigenvalue weighted by molar-refractivity contribution is 5.13. The summed E-state index contributed by atoms with van der Waals surface area (Å²) in [6.07, 6.45) is 2.59. The van der Waals surface area contributed by atoms with Gasteiger partial charge in [-0.05, 0) is 0 Å². The van der Waals surface area contributed by atoms with E-state index < -0.39 is 0 Å². The summed E-state index contributed by atoms with van der Waals surface area (Å²) in [7, 11) is 0. The maximum absolute atomic E-state index is 4.13. The van der Waals surface area contributed by atoms with Gasteiger partial charge in [0.1, 0.15) is 6.54 Å². The zero-order valence-electron chi connectivity index (χ0n) is 8.71. The van der Waals surface area contributed by atoms with Gasteiger partial charge in [0, 0.05) is 18.4 Å². The topological polar surface area (TPSA) is 32.1 Å². The quantitative estimate of drug-likeness (QED) is 0.632. The van der Waals surface area contributed by atoms with Crippen molar-refractivity contribution in [2.45, 2.75) is 25.4 Å². The van der Waals surface area contributed by atoms with Crippen molar-refractivity contribution in [1.82, 2.24) is 0 Å². The van der Waals surface area contributed by atoms with Gasteiger partial charge in [-0.15, -0.1) is 0 Å². The first kappa shape index (κ1) is 9.69. The molecule has 0 aliphatic carbocycles. The fourth-order valence-corrected chi connectivity index (χ4v) is 2.15. The average molecular weight is 192 g/mol. The number of quaternary nitrogens is 2. The number of hydrogen-bond donors (Lipinski definition) is 2. The third-order valence-corrected chi connectivity index (χ3v) is 3.11. The van der Waals surface area contributed by atoms with E-state index in [1.54, 1.807) is 4.90 Å². The third kappa shape index (κ3) is 2.56. The molecule has 0 saturated carbocycles. The lowest BCUT2D eigenvalue weighted by molar-refractivity contribution is -0.922. The van der Waals surface area contributed by atoms with E-state index in [2.05, 4.69) is 36.1 Å². The van der Waals surface area contributed by atoms with Crippen molar-refractivity contribution in [3.63, 3.8) is 0 Å². The molecule has 1 aliphatic rings. The largest absolute Gasteiger partial charge is 0.355 e. The van der Waals surface area contributed by atoms with E-state index in [1.807, 2.05) is 0 Å². The molecule has 1 aromatic carbocycles. The number of benzene rings is 1. The number of piperidine rings is 1. The van der Waals surface area contributed by atoms with E-state index in [4.69, 9.17) is 0 Å². The van der Waals surface area contributed by atoms with E-state index >= 15 is 0 Å². The third-order valence-electron chi connectivity index (χ3n) is 3.11. The predicted molar refractivity (Wildman–Crippen MR) is 56.8 cm³/mol. The van der Waals surface area contributed by atoms with Crippen LogP contribution in [0.3, 0.4) is 0 Å². The fourth-order valence-electron chi connectivity index (χ4n) is 2.15. The van der Waals surface area contributed by atoms with Gasteiger partial charge in [0.2, 0.25) is 0 Å². The molecule has 0 unspecified atom stereocenters. The van der Waals surface area contributed by atoms with Gasteiger partial charge in [-0.25, -0.2) is 0 Å². The van der Waals surface area contributed by atoms with Gasteiger partial charge in [0.15, 0.2) is 0 Å². The van der Waals surface area contributed by atoms with Crippen molar-refractivity contribution < 1.29 is 10.6 Å². The van der Waals surface area contributed by atoms with Crippen LogP contribution in [-0.4, -0.2) is 19.1 Å². The molecule has 1 saturated heterocycles. The van der Waals surface area contributed by atoms with Crippen LogP contribution in [0.1, 0.15) is 18.4 Å². The molecule has 0 radical (unpaired) electrons. The van der Waals surface area contributed by atoms with Crippen molar-refractivity contribution in [3.8, 4) is 0 Å². The van der Waals surface area contributed by atoms with Crippen LogP contribution >= 0.6 is 0 Å². The zero-order chi connectivity index (χ0) is 9.80. The summed E-state index contributed by atoms with van der Waals surface area (Å²) in [4.78, 5) is 1.72. The van der Waals surface area contributed by atoms with Gasteiger partial charge in [0.25, 0.3) is 0 Å². The van der Waals surface area contributed by atoms with E-state index in [0.29, 0.717) is 6.04 Å². The highest BCUT2D eigenvalue weighted by atomic mass is 15.1. The molecule has 2 heteroatoms. The lowest BCUT2D eigenvalue weighted by Gasteiger charge is -2.25. The normalized spacial score (nSPS) is 27.5. The molecule has 2 rings (SSSR count). The Bertz CT molecular complexity index is 263. The number of rotatable bonds is 2. The fraction of sp³-hybridized carbons (Fsp3) is 0.500. The molecule has 1 aliphatic heterocycles. The first-order valence-electron chi connectivity index (χ1n) is 5.55. The molecular formula is C12H20N2+2. The lowest BCUT2D eigenvalue weighted by atomic mass is 10.1. The van der Waals surface area contributed by atoms with E-state index in [-0.39, 0.29) is 0 Å². The Morgan fingerprint density at radius 3 is 2.43 bits per heavy atom. The molecule has 4 N–H and O–H groups in total. The summed E-state index contributed by atoms with van der Waals surface area (Å²) in [6, 6.07) is 11.5. The molecule has 0 atom stereocenters. The summed E-state index contributed by atoms with van der Waals surface area (Å²) < 4.78 is 0. The van der Waals surface area contributed by atoms with Crippen LogP contribution in [-0.2, 0) is 6.54 Å². The molecule has 1 fully saturated rings. The van der Waals surface area contributed by atoms with Gasteiger partial charge in [0.05, 0.1) is 19.1 Å². The molecule has 1 aromatic rings. The Balaban J connectivity index is 1.87. The van der Waals surface area contributed by atoms with Crippen molar-refractivity contribution in [2.24, 2.45) is 0 Å². The minimum Gasteiger partial charge on any atom is -0.355 e. The molecule has 2 nitrogen and oxygen atoms in total. The summed E-state index contributed by atoms with van der Waals surface area (Å²) >= 11 is 0. The highest BCUT2D eigenvalue weighted by Gasteiger charge is 2.21. The van der Waals surface area contributed by atoms with Crippen molar-refractivity contribution in [1.29, 1.82) is 0 Å².